The van der Waals surface area contributed by atoms with Gasteiger partial charge in [-0.1, -0.05) is 275 Å². The number of carbonyl (C=O) groups is 2. The molecule has 1 fully saturated rings. The molecule has 0 radical (unpaired) electrons. The molecule has 6 N–H and O–H groups in total. The minimum Gasteiger partial charge on any atom is -0.454 e. The van der Waals surface area contributed by atoms with E-state index in [0.29, 0.717) is 19.3 Å². The number of amides is 1. The number of esters is 1. The summed E-state index contributed by atoms with van der Waals surface area (Å²) in [4.78, 5) is 26.6. The largest absolute Gasteiger partial charge is 0.454 e. The zero-order valence-electron chi connectivity index (χ0n) is 52.0. The molecule has 0 bridgehead atoms. The molecule has 468 valence electrons. The fraction of sp³-hybridized carbons (Fsp3) is 0.855. The van der Waals surface area contributed by atoms with E-state index in [1.807, 2.05) is 6.08 Å². The molecular weight excluding hydrogens is 1000 g/mol. The van der Waals surface area contributed by atoms with Crippen LogP contribution in [0.2, 0.25) is 0 Å². The van der Waals surface area contributed by atoms with Gasteiger partial charge in [-0.15, -0.1) is 0 Å². The molecule has 1 heterocycles. The Kier molecular flexibility index (Phi) is 54.0. The lowest BCUT2D eigenvalue weighted by atomic mass is 9.99. The van der Waals surface area contributed by atoms with Gasteiger partial charge in [-0.2, -0.15) is 0 Å². The summed E-state index contributed by atoms with van der Waals surface area (Å²) in [5, 5.41) is 57.1. The van der Waals surface area contributed by atoms with Crippen molar-refractivity contribution in [2.24, 2.45) is 0 Å². The normalized spacial score (nSPS) is 19.0. The van der Waals surface area contributed by atoms with Crippen molar-refractivity contribution in [1.29, 1.82) is 0 Å². The first-order chi connectivity index (χ1) is 39.2. The van der Waals surface area contributed by atoms with Crippen LogP contribution in [-0.4, -0.2) is 99.6 Å². The number of rotatable bonds is 58. The Morgan fingerprint density at radius 2 is 0.863 bits per heavy atom. The molecule has 8 atom stereocenters. The van der Waals surface area contributed by atoms with E-state index in [2.05, 4.69) is 62.5 Å². The summed E-state index contributed by atoms with van der Waals surface area (Å²) in [7, 11) is 0. The Morgan fingerprint density at radius 3 is 1.31 bits per heavy atom. The van der Waals surface area contributed by atoms with Gasteiger partial charge in [0.05, 0.1) is 25.4 Å². The van der Waals surface area contributed by atoms with Crippen LogP contribution in [0.5, 0.6) is 0 Å². The SMILES string of the molecule is CCCCC/C=C\C/C=C\CCCCCCCCCCCCCCC(O)C(=O)NC(COC1OC(CO)C(O)C(O)C1OC(=O)CCCCCCCCC/C=C/CCCCCCCC)C(O)/C=C/CCCCCCCCCCCC. The number of allylic oxidation sites excluding steroid dienone is 7. The highest BCUT2D eigenvalue weighted by molar-refractivity contribution is 5.80. The summed E-state index contributed by atoms with van der Waals surface area (Å²) in [5.41, 5.74) is 0. The van der Waals surface area contributed by atoms with E-state index in [9.17, 15) is 35.1 Å². The van der Waals surface area contributed by atoms with Crippen molar-refractivity contribution in [1.82, 2.24) is 5.32 Å². The number of hydrogen-bond donors (Lipinski definition) is 6. The second-order valence-electron chi connectivity index (χ2n) is 23.6. The predicted octanol–water partition coefficient (Wildman–Crippen LogP) is 16.8. The van der Waals surface area contributed by atoms with Gasteiger partial charge >= 0.3 is 5.97 Å². The Labute approximate surface area is 491 Å². The van der Waals surface area contributed by atoms with Crippen molar-refractivity contribution in [3.8, 4) is 0 Å². The van der Waals surface area contributed by atoms with Gasteiger partial charge in [0.2, 0.25) is 5.91 Å². The van der Waals surface area contributed by atoms with Gasteiger partial charge in [-0.25, -0.2) is 0 Å². The molecule has 11 nitrogen and oxygen atoms in total. The standard InChI is InChI=1S/C69H127NO10/c1-4-7-10-13-16-19-22-25-27-29-30-31-32-33-35-36-38-41-44-47-50-53-56-62(73)68(77)70-60(61(72)55-52-49-46-43-40-24-21-18-15-12-9-6-3)59-78-69-67(66(76)65(75)63(58-71)79-69)80-64(74)57-54-51-48-45-42-39-37-34-28-26-23-20-17-14-11-8-5-2/h16,19,25-28,52,55,60-63,65-67,69,71-73,75-76H,4-15,17-18,20-24,29-51,53-54,56-59H2,1-3H3,(H,70,77)/b19-16-,27-25-,28-26+,55-52+. The molecule has 1 rings (SSSR count). The molecular formula is C69H127NO10. The van der Waals surface area contributed by atoms with E-state index < -0.39 is 67.4 Å². The van der Waals surface area contributed by atoms with E-state index >= 15 is 0 Å². The van der Waals surface area contributed by atoms with E-state index in [1.54, 1.807) is 6.08 Å². The average Bonchev–Trinajstić information content (AvgIpc) is 3.48. The van der Waals surface area contributed by atoms with E-state index in [-0.39, 0.29) is 13.0 Å². The molecule has 8 unspecified atom stereocenters. The molecule has 11 heteroatoms. The quantitative estimate of drug-likeness (QED) is 0.0195. The molecule has 1 amide bonds. The van der Waals surface area contributed by atoms with Gasteiger partial charge in [0.1, 0.15) is 24.4 Å². The summed E-state index contributed by atoms with van der Waals surface area (Å²) in [5.74, 6) is -1.19. The third-order valence-electron chi connectivity index (χ3n) is 16.0. The maximum absolute atomic E-state index is 13.5. The van der Waals surface area contributed by atoms with Gasteiger partial charge in [-0.05, 0) is 83.5 Å². The van der Waals surface area contributed by atoms with Gasteiger partial charge in [0.25, 0.3) is 0 Å². The first-order valence-electron chi connectivity index (χ1n) is 33.9. The fourth-order valence-corrected chi connectivity index (χ4v) is 10.6. The Bertz CT molecular complexity index is 1490. The second kappa shape index (κ2) is 57.1. The zero-order chi connectivity index (χ0) is 58.2. The molecule has 0 spiro atoms. The van der Waals surface area contributed by atoms with Gasteiger partial charge in [-0.3, -0.25) is 9.59 Å². The second-order valence-corrected chi connectivity index (χ2v) is 23.6. The molecule has 0 aliphatic carbocycles. The van der Waals surface area contributed by atoms with Gasteiger partial charge in [0.15, 0.2) is 12.4 Å². The molecule has 0 aromatic carbocycles. The van der Waals surface area contributed by atoms with Crippen LogP contribution in [0.4, 0.5) is 0 Å². The summed E-state index contributed by atoms with van der Waals surface area (Å²) < 4.78 is 17.7. The summed E-state index contributed by atoms with van der Waals surface area (Å²) in [6.45, 7) is 5.79. The summed E-state index contributed by atoms with van der Waals surface area (Å²) >= 11 is 0. The maximum atomic E-state index is 13.5. The highest BCUT2D eigenvalue weighted by atomic mass is 16.7. The number of aliphatic hydroxyl groups excluding tert-OH is 5. The van der Waals surface area contributed by atoms with Crippen LogP contribution in [-0.2, 0) is 23.8 Å². The van der Waals surface area contributed by atoms with Gasteiger partial charge < -0.3 is 45.1 Å². The topological polar surface area (TPSA) is 175 Å². The van der Waals surface area contributed by atoms with Crippen molar-refractivity contribution >= 4 is 11.9 Å². The Morgan fingerprint density at radius 1 is 0.487 bits per heavy atom. The highest BCUT2D eigenvalue weighted by Crippen LogP contribution is 2.26. The van der Waals surface area contributed by atoms with E-state index in [0.717, 1.165) is 77.0 Å². The Hall–Kier alpha value is -2.38. The monoisotopic (exact) mass is 1130 g/mol. The van der Waals surface area contributed by atoms with Crippen LogP contribution in [0.15, 0.2) is 48.6 Å². The van der Waals surface area contributed by atoms with Crippen LogP contribution in [0, 0.1) is 0 Å². The van der Waals surface area contributed by atoms with Crippen molar-refractivity contribution in [3.63, 3.8) is 0 Å². The molecule has 0 saturated carbocycles. The van der Waals surface area contributed by atoms with Crippen LogP contribution in [0.25, 0.3) is 0 Å². The fourth-order valence-electron chi connectivity index (χ4n) is 10.6. The average molecular weight is 1130 g/mol. The van der Waals surface area contributed by atoms with Gasteiger partial charge in [0, 0.05) is 6.42 Å². The number of unbranched alkanes of at least 4 members (excludes halogenated alkanes) is 38. The number of aliphatic hydroxyl groups is 5. The summed E-state index contributed by atoms with van der Waals surface area (Å²) in [6.07, 6.45) is 60.0. The molecule has 0 aromatic rings. The zero-order valence-corrected chi connectivity index (χ0v) is 52.0. The lowest BCUT2D eigenvalue weighted by molar-refractivity contribution is -0.305. The Balaban J connectivity index is 2.61. The molecule has 1 aliphatic rings. The van der Waals surface area contributed by atoms with Crippen molar-refractivity contribution < 1.29 is 49.3 Å². The van der Waals surface area contributed by atoms with E-state index in [1.165, 1.54) is 193 Å². The molecule has 1 aliphatic heterocycles. The lowest BCUT2D eigenvalue weighted by Crippen LogP contribution is -2.61. The minimum absolute atomic E-state index is 0.120. The number of nitrogens with one attached hydrogen (secondary N) is 1. The van der Waals surface area contributed by atoms with Crippen molar-refractivity contribution in [2.75, 3.05) is 13.2 Å². The minimum atomic E-state index is -1.61. The van der Waals surface area contributed by atoms with Crippen LogP contribution in [0.1, 0.15) is 316 Å². The smallest absolute Gasteiger partial charge is 0.306 e. The van der Waals surface area contributed by atoms with Crippen LogP contribution < -0.4 is 5.32 Å². The summed E-state index contributed by atoms with van der Waals surface area (Å²) in [6, 6.07) is -1.02. The van der Waals surface area contributed by atoms with Crippen molar-refractivity contribution in [3.05, 3.63) is 48.6 Å². The number of hydrogen-bond acceptors (Lipinski definition) is 10. The first kappa shape index (κ1) is 75.6. The molecule has 80 heavy (non-hydrogen) atoms. The highest BCUT2D eigenvalue weighted by Gasteiger charge is 2.47. The van der Waals surface area contributed by atoms with Crippen LogP contribution >= 0.6 is 0 Å². The maximum Gasteiger partial charge on any atom is 0.306 e. The number of ether oxygens (including phenoxy) is 3. The predicted molar refractivity (Wildman–Crippen MR) is 334 cm³/mol. The molecule has 0 aromatic heterocycles. The third kappa shape index (κ3) is 44.2. The van der Waals surface area contributed by atoms with E-state index in [4.69, 9.17) is 14.2 Å². The van der Waals surface area contributed by atoms with Crippen LogP contribution in [0.3, 0.4) is 0 Å². The van der Waals surface area contributed by atoms with Crippen molar-refractivity contribution in [2.45, 2.75) is 365 Å². The lowest BCUT2D eigenvalue weighted by Gasteiger charge is -2.41. The molecule has 1 saturated heterocycles. The number of carbonyl (C=O) groups excluding carboxylic acids is 2. The third-order valence-corrected chi connectivity index (χ3v) is 16.0. The first-order valence-corrected chi connectivity index (χ1v) is 33.9.